The van der Waals surface area contributed by atoms with E-state index >= 15 is 0 Å². The van der Waals surface area contributed by atoms with E-state index in [1.54, 1.807) is 23.5 Å². The number of amides is 1. The summed E-state index contributed by atoms with van der Waals surface area (Å²) < 4.78 is 13.7. The number of hydrogen-bond donors (Lipinski definition) is 1. The zero-order valence-electron chi connectivity index (χ0n) is 16.4. The van der Waals surface area contributed by atoms with E-state index in [0.29, 0.717) is 18.9 Å². The smallest absolute Gasteiger partial charge is 0.229 e. The van der Waals surface area contributed by atoms with Gasteiger partial charge in [0.1, 0.15) is 10.8 Å². The zero-order valence-corrected chi connectivity index (χ0v) is 17.3. The van der Waals surface area contributed by atoms with Gasteiger partial charge in [-0.25, -0.2) is 9.37 Å². The van der Waals surface area contributed by atoms with Gasteiger partial charge in [-0.15, -0.1) is 11.3 Å². The highest BCUT2D eigenvalue weighted by atomic mass is 32.1. The minimum absolute atomic E-state index is 0.142. The van der Waals surface area contributed by atoms with Crippen molar-refractivity contribution < 1.29 is 14.3 Å². The van der Waals surface area contributed by atoms with E-state index in [1.165, 1.54) is 5.56 Å². The standard InChI is InChI=1S/C22H26FN3O2S/c23-15-2-1-14-5-10-26(19(14)11-15)16-6-8-25(9-7-16)22(28)13-21-24-18-4-3-17(27)12-20(18)29-21/h1-2,11,16-17,27H,3-10,12-13H2. The van der Waals surface area contributed by atoms with E-state index in [2.05, 4.69) is 9.88 Å². The van der Waals surface area contributed by atoms with Crippen molar-refractivity contribution in [2.75, 3.05) is 24.5 Å². The van der Waals surface area contributed by atoms with Gasteiger partial charge in [0.2, 0.25) is 5.91 Å². The van der Waals surface area contributed by atoms with Crippen LogP contribution in [0, 0.1) is 5.82 Å². The number of anilines is 1. The molecule has 1 aliphatic carbocycles. The Kier molecular flexibility index (Phi) is 5.04. The Bertz CT molecular complexity index is 923. The highest BCUT2D eigenvalue weighted by Gasteiger charge is 2.31. The minimum atomic E-state index is -0.269. The number of aromatic nitrogens is 1. The summed E-state index contributed by atoms with van der Waals surface area (Å²) in [4.78, 5) is 22.9. The lowest BCUT2D eigenvalue weighted by Crippen LogP contribution is -2.46. The molecule has 0 bridgehead atoms. The van der Waals surface area contributed by atoms with Crippen LogP contribution in [0.25, 0.3) is 0 Å². The third-order valence-electron chi connectivity index (χ3n) is 6.50. The largest absolute Gasteiger partial charge is 0.393 e. The van der Waals surface area contributed by atoms with Gasteiger partial charge in [-0.3, -0.25) is 4.79 Å². The SMILES string of the molecule is O=C(Cc1nc2c(s1)CC(O)CC2)N1CCC(N2CCc3ccc(F)cc32)CC1. The number of halogens is 1. The van der Waals surface area contributed by atoms with Crippen LogP contribution in [0.3, 0.4) is 0 Å². The Balaban J connectivity index is 1.18. The predicted octanol–water partition coefficient (Wildman–Crippen LogP) is 2.73. The van der Waals surface area contributed by atoms with Crippen molar-refractivity contribution >= 4 is 22.9 Å². The van der Waals surface area contributed by atoms with Gasteiger partial charge in [-0.05, 0) is 49.8 Å². The summed E-state index contributed by atoms with van der Waals surface area (Å²) in [7, 11) is 0. The summed E-state index contributed by atoms with van der Waals surface area (Å²) in [6.45, 7) is 2.43. The second-order valence-electron chi connectivity index (χ2n) is 8.38. The highest BCUT2D eigenvalue weighted by Crippen LogP contribution is 2.33. The number of aliphatic hydroxyl groups excluding tert-OH is 1. The average molecular weight is 416 g/mol. The van der Waals surface area contributed by atoms with Crippen molar-refractivity contribution in [1.29, 1.82) is 0 Å². The fourth-order valence-electron chi connectivity index (χ4n) is 4.91. The van der Waals surface area contributed by atoms with Crippen molar-refractivity contribution in [3.63, 3.8) is 0 Å². The fraction of sp³-hybridized carbons (Fsp3) is 0.545. The number of aryl methyl sites for hydroxylation is 1. The first-order valence-corrected chi connectivity index (χ1v) is 11.4. The molecule has 1 saturated heterocycles. The summed E-state index contributed by atoms with van der Waals surface area (Å²) in [5.74, 6) is -0.0371. The van der Waals surface area contributed by atoms with Gasteiger partial charge in [-0.2, -0.15) is 0 Å². The molecule has 1 fully saturated rings. The summed E-state index contributed by atoms with van der Waals surface area (Å²) >= 11 is 1.58. The molecule has 154 valence electrons. The van der Waals surface area contributed by atoms with Crippen LogP contribution in [-0.4, -0.2) is 52.7 Å². The lowest BCUT2D eigenvalue weighted by atomic mass is 10.0. The molecule has 0 saturated carbocycles. The molecule has 2 aliphatic heterocycles. The van der Waals surface area contributed by atoms with E-state index in [0.717, 1.165) is 73.0 Å². The normalized spacial score (nSPS) is 21.9. The summed E-state index contributed by atoms with van der Waals surface area (Å²) in [6, 6.07) is 5.47. The Labute approximate surface area is 174 Å². The van der Waals surface area contributed by atoms with Gasteiger partial charge in [0.05, 0.1) is 18.2 Å². The zero-order chi connectivity index (χ0) is 20.0. The third kappa shape index (κ3) is 3.78. The maximum Gasteiger partial charge on any atom is 0.229 e. The number of piperidine rings is 1. The number of hydrogen-bond acceptors (Lipinski definition) is 5. The van der Waals surface area contributed by atoms with Crippen LogP contribution in [0.5, 0.6) is 0 Å². The molecule has 7 heteroatoms. The molecule has 3 heterocycles. The highest BCUT2D eigenvalue weighted by molar-refractivity contribution is 7.11. The number of carbonyl (C=O) groups excluding carboxylic acids is 1. The number of aliphatic hydroxyl groups is 1. The van der Waals surface area contributed by atoms with Crippen LogP contribution < -0.4 is 4.90 Å². The van der Waals surface area contributed by atoms with Crippen molar-refractivity contribution in [2.45, 2.75) is 57.1 Å². The maximum atomic E-state index is 13.7. The number of likely N-dealkylation sites (tertiary alicyclic amines) is 1. The molecule has 3 aliphatic rings. The minimum Gasteiger partial charge on any atom is -0.393 e. The van der Waals surface area contributed by atoms with Gasteiger partial charge in [0, 0.05) is 42.7 Å². The predicted molar refractivity (Wildman–Crippen MR) is 111 cm³/mol. The fourth-order valence-corrected chi connectivity index (χ4v) is 6.09. The Morgan fingerprint density at radius 1 is 1.21 bits per heavy atom. The van der Waals surface area contributed by atoms with Crippen molar-refractivity contribution in [3.05, 3.63) is 45.2 Å². The molecular formula is C22H26FN3O2S. The van der Waals surface area contributed by atoms with E-state index < -0.39 is 0 Å². The van der Waals surface area contributed by atoms with E-state index in [4.69, 9.17) is 0 Å². The molecule has 5 rings (SSSR count). The molecule has 0 spiro atoms. The lowest BCUT2D eigenvalue weighted by Gasteiger charge is -2.38. The number of carbonyl (C=O) groups is 1. The Hall–Kier alpha value is -1.99. The molecule has 1 aromatic carbocycles. The summed E-state index contributed by atoms with van der Waals surface area (Å²) in [5, 5.41) is 10.7. The van der Waals surface area contributed by atoms with Crippen LogP contribution in [0.2, 0.25) is 0 Å². The summed E-state index contributed by atoms with van der Waals surface area (Å²) in [5.41, 5.74) is 3.33. The second kappa shape index (κ2) is 7.69. The number of thiazole rings is 1. The first kappa shape index (κ1) is 19.0. The van der Waals surface area contributed by atoms with E-state index in [-0.39, 0.29) is 17.8 Å². The maximum absolute atomic E-state index is 13.7. The monoisotopic (exact) mass is 415 g/mol. The lowest BCUT2D eigenvalue weighted by molar-refractivity contribution is -0.131. The van der Waals surface area contributed by atoms with Gasteiger partial charge in [0.15, 0.2) is 0 Å². The van der Waals surface area contributed by atoms with Crippen molar-refractivity contribution in [1.82, 2.24) is 9.88 Å². The quantitative estimate of drug-likeness (QED) is 0.838. The summed E-state index contributed by atoms with van der Waals surface area (Å²) in [6.07, 6.45) is 5.14. The Morgan fingerprint density at radius 3 is 2.86 bits per heavy atom. The molecule has 2 aromatic rings. The third-order valence-corrected chi connectivity index (χ3v) is 7.62. The molecule has 1 unspecified atom stereocenters. The van der Waals surface area contributed by atoms with E-state index in [9.17, 15) is 14.3 Å². The molecule has 5 nitrogen and oxygen atoms in total. The Morgan fingerprint density at radius 2 is 2.03 bits per heavy atom. The van der Waals surface area contributed by atoms with Crippen LogP contribution in [0.1, 0.15) is 40.4 Å². The van der Waals surface area contributed by atoms with Crippen LogP contribution in [0.4, 0.5) is 10.1 Å². The van der Waals surface area contributed by atoms with Gasteiger partial charge < -0.3 is 14.9 Å². The molecule has 1 atom stereocenters. The molecule has 29 heavy (non-hydrogen) atoms. The average Bonchev–Trinajstić information content (AvgIpc) is 3.30. The molecular weight excluding hydrogens is 389 g/mol. The molecule has 0 radical (unpaired) electrons. The number of rotatable bonds is 3. The number of benzene rings is 1. The number of nitrogens with zero attached hydrogens (tertiary/aromatic N) is 3. The van der Waals surface area contributed by atoms with Crippen LogP contribution in [-0.2, 0) is 30.5 Å². The topological polar surface area (TPSA) is 56.7 Å². The van der Waals surface area contributed by atoms with Crippen LogP contribution in [0.15, 0.2) is 18.2 Å². The van der Waals surface area contributed by atoms with Gasteiger partial charge in [0.25, 0.3) is 0 Å². The van der Waals surface area contributed by atoms with Gasteiger partial charge >= 0.3 is 0 Å². The molecule has 1 amide bonds. The number of fused-ring (bicyclic) bond motifs is 2. The first-order valence-electron chi connectivity index (χ1n) is 10.5. The molecule has 1 aromatic heterocycles. The van der Waals surface area contributed by atoms with Crippen molar-refractivity contribution in [2.24, 2.45) is 0 Å². The first-order chi connectivity index (χ1) is 14.1. The second-order valence-corrected chi connectivity index (χ2v) is 9.55. The van der Waals surface area contributed by atoms with Crippen molar-refractivity contribution in [3.8, 4) is 0 Å². The van der Waals surface area contributed by atoms with E-state index in [1.807, 2.05) is 11.0 Å². The molecule has 1 N–H and O–H groups in total. The van der Waals surface area contributed by atoms with Gasteiger partial charge in [-0.1, -0.05) is 6.07 Å². The van der Waals surface area contributed by atoms with Crippen LogP contribution >= 0.6 is 11.3 Å².